The van der Waals surface area contributed by atoms with Crippen molar-refractivity contribution in [2.45, 2.75) is 23.4 Å². The Kier molecular flexibility index (Phi) is 5.73. The molecule has 0 aliphatic heterocycles. The zero-order valence-corrected chi connectivity index (χ0v) is 15.8. The van der Waals surface area contributed by atoms with E-state index >= 15 is 0 Å². The smallest absolute Gasteiger partial charge is 0.451 e. The lowest BCUT2D eigenvalue weighted by atomic mass is 10.2. The minimum atomic E-state index is -4.67. The number of nitrogens with one attached hydrogen (secondary N) is 1. The van der Waals surface area contributed by atoms with Crippen LogP contribution in [0.15, 0.2) is 53.6 Å². The summed E-state index contributed by atoms with van der Waals surface area (Å²) in [7, 11) is 1.54. The van der Waals surface area contributed by atoms with Crippen LogP contribution in [0.5, 0.6) is 5.75 Å². The lowest BCUT2D eigenvalue weighted by molar-refractivity contribution is -0.145. The summed E-state index contributed by atoms with van der Waals surface area (Å²) in [5.41, 5.74) is 0.733. The van der Waals surface area contributed by atoms with Crippen LogP contribution in [0.25, 0.3) is 10.9 Å². The third kappa shape index (κ3) is 4.53. The van der Waals surface area contributed by atoms with Gasteiger partial charge in [0.25, 0.3) is 0 Å². The fourth-order valence-corrected chi connectivity index (χ4v) is 3.34. The van der Waals surface area contributed by atoms with Crippen LogP contribution in [-0.2, 0) is 11.0 Å². The summed E-state index contributed by atoms with van der Waals surface area (Å²) in [6, 6.07) is 13.1. The number of fused-ring (bicyclic) bond motifs is 1. The van der Waals surface area contributed by atoms with Gasteiger partial charge in [0.2, 0.25) is 11.7 Å². The monoisotopic (exact) mass is 407 g/mol. The first-order valence-corrected chi connectivity index (χ1v) is 9.11. The number of amides is 1. The van der Waals surface area contributed by atoms with Gasteiger partial charge in [-0.1, -0.05) is 30.0 Å². The van der Waals surface area contributed by atoms with Crippen molar-refractivity contribution in [1.82, 2.24) is 9.97 Å². The second-order valence-corrected chi connectivity index (χ2v) is 7.17. The molecule has 9 heteroatoms. The molecular weight excluding hydrogens is 391 g/mol. The summed E-state index contributed by atoms with van der Waals surface area (Å²) >= 11 is 0.951. The molecule has 3 rings (SSSR count). The normalized spacial score (nSPS) is 12.6. The summed E-state index contributed by atoms with van der Waals surface area (Å²) in [5.74, 6) is -0.935. The number of anilines is 1. The van der Waals surface area contributed by atoms with Crippen molar-refractivity contribution >= 4 is 34.3 Å². The van der Waals surface area contributed by atoms with Crippen LogP contribution in [-0.4, -0.2) is 28.2 Å². The Labute approximate surface area is 163 Å². The number of halogens is 3. The molecule has 5 nitrogen and oxygen atoms in total. The first kappa shape index (κ1) is 19.9. The summed E-state index contributed by atoms with van der Waals surface area (Å²) in [6.07, 6.45) is -4.67. The zero-order valence-electron chi connectivity index (χ0n) is 14.9. The Balaban J connectivity index is 1.83. The number of carbonyl (C=O) groups is 1. The highest BCUT2D eigenvalue weighted by atomic mass is 32.2. The SMILES string of the molecule is COc1ccc(NC(=O)[C@H](C)Sc2nc(C(F)(F)F)nc3ccccc23)cc1. The van der Waals surface area contributed by atoms with E-state index in [1.807, 2.05) is 0 Å². The molecule has 0 saturated heterocycles. The van der Waals surface area contributed by atoms with Gasteiger partial charge in [-0.3, -0.25) is 4.79 Å². The molecule has 2 aromatic carbocycles. The number of methoxy groups -OCH3 is 1. The molecule has 0 spiro atoms. The van der Waals surface area contributed by atoms with Gasteiger partial charge >= 0.3 is 6.18 Å². The first-order valence-electron chi connectivity index (χ1n) is 8.23. The number of ether oxygens (including phenoxy) is 1. The van der Waals surface area contributed by atoms with Crippen LogP contribution < -0.4 is 10.1 Å². The van der Waals surface area contributed by atoms with Crippen molar-refractivity contribution in [3.63, 3.8) is 0 Å². The third-order valence-corrected chi connectivity index (χ3v) is 4.94. The predicted octanol–water partition coefficient (Wildman–Crippen LogP) is 4.78. The Morgan fingerprint density at radius 2 is 1.79 bits per heavy atom. The number of carbonyl (C=O) groups excluding carboxylic acids is 1. The molecule has 1 aromatic heterocycles. The number of hydrogen-bond donors (Lipinski definition) is 1. The molecule has 3 aromatic rings. The number of benzene rings is 2. The van der Waals surface area contributed by atoms with E-state index < -0.39 is 17.3 Å². The number of hydrogen-bond acceptors (Lipinski definition) is 5. The molecule has 0 fully saturated rings. The maximum atomic E-state index is 13.1. The number of alkyl halides is 3. The van der Waals surface area contributed by atoms with Crippen LogP contribution in [0, 0.1) is 0 Å². The van der Waals surface area contributed by atoms with Gasteiger partial charge in [-0.05, 0) is 37.3 Å². The maximum absolute atomic E-state index is 13.1. The molecule has 0 aliphatic rings. The average molecular weight is 407 g/mol. The van der Waals surface area contributed by atoms with Crippen molar-refractivity contribution in [2.75, 3.05) is 12.4 Å². The molecule has 0 aliphatic carbocycles. The van der Waals surface area contributed by atoms with Gasteiger partial charge in [0.15, 0.2) is 0 Å². The summed E-state index contributed by atoms with van der Waals surface area (Å²) in [4.78, 5) is 19.7. The zero-order chi connectivity index (χ0) is 20.3. The van der Waals surface area contributed by atoms with E-state index in [1.54, 1.807) is 49.4 Å². The quantitative estimate of drug-likeness (QED) is 0.487. The lowest BCUT2D eigenvalue weighted by Gasteiger charge is -2.14. The molecule has 1 heterocycles. The number of rotatable bonds is 5. The van der Waals surface area contributed by atoms with E-state index in [1.165, 1.54) is 13.2 Å². The molecule has 0 saturated carbocycles. The lowest BCUT2D eigenvalue weighted by Crippen LogP contribution is -2.22. The van der Waals surface area contributed by atoms with E-state index in [0.717, 1.165) is 11.8 Å². The molecular formula is C19H16F3N3O2S. The van der Waals surface area contributed by atoms with Crippen LogP contribution in [0.3, 0.4) is 0 Å². The number of nitrogens with zero attached hydrogens (tertiary/aromatic N) is 2. The fourth-order valence-electron chi connectivity index (χ4n) is 2.40. The standard InChI is InChI=1S/C19H16F3N3O2S/c1-11(16(26)23-12-7-9-13(27-2)10-8-12)28-17-14-5-3-4-6-15(14)24-18(25-17)19(20,21)22/h3-11H,1-2H3,(H,23,26)/t11-/m0/s1. The predicted molar refractivity (Wildman–Crippen MR) is 101 cm³/mol. The highest BCUT2D eigenvalue weighted by Crippen LogP contribution is 2.33. The van der Waals surface area contributed by atoms with Gasteiger partial charge in [-0.25, -0.2) is 9.97 Å². The Hall–Kier alpha value is -2.81. The van der Waals surface area contributed by atoms with Gasteiger partial charge in [-0.2, -0.15) is 13.2 Å². The molecule has 1 N–H and O–H groups in total. The van der Waals surface area contributed by atoms with Crippen molar-refractivity contribution < 1.29 is 22.7 Å². The van der Waals surface area contributed by atoms with Crippen LogP contribution >= 0.6 is 11.8 Å². The van der Waals surface area contributed by atoms with E-state index in [9.17, 15) is 18.0 Å². The van der Waals surface area contributed by atoms with Crippen molar-refractivity contribution in [1.29, 1.82) is 0 Å². The Bertz CT molecular complexity index is 994. The minimum Gasteiger partial charge on any atom is -0.497 e. The van der Waals surface area contributed by atoms with Crippen LogP contribution in [0.2, 0.25) is 0 Å². The van der Waals surface area contributed by atoms with E-state index in [-0.39, 0.29) is 16.4 Å². The second-order valence-electron chi connectivity index (χ2n) is 5.85. The number of aromatic nitrogens is 2. The Morgan fingerprint density at radius 1 is 1.11 bits per heavy atom. The molecule has 28 heavy (non-hydrogen) atoms. The molecule has 146 valence electrons. The molecule has 1 atom stereocenters. The van der Waals surface area contributed by atoms with E-state index in [2.05, 4.69) is 15.3 Å². The second kappa shape index (κ2) is 8.05. The first-order chi connectivity index (χ1) is 13.3. The average Bonchev–Trinajstić information content (AvgIpc) is 2.67. The summed E-state index contributed by atoms with van der Waals surface area (Å²) in [6.45, 7) is 1.60. The van der Waals surface area contributed by atoms with Crippen LogP contribution in [0.4, 0.5) is 18.9 Å². The van der Waals surface area contributed by atoms with Crippen molar-refractivity contribution in [2.24, 2.45) is 0 Å². The maximum Gasteiger partial charge on any atom is 0.451 e. The van der Waals surface area contributed by atoms with E-state index in [0.29, 0.717) is 16.8 Å². The largest absolute Gasteiger partial charge is 0.497 e. The molecule has 1 amide bonds. The topological polar surface area (TPSA) is 64.1 Å². The number of thioether (sulfide) groups is 1. The van der Waals surface area contributed by atoms with Gasteiger partial charge in [0, 0.05) is 11.1 Å². The third-order valence-electron chi connectivity index (χ3n) is 3.84. The Morgan fingerprint density at radius 3 is 2.43 bits per heavy atom. The van der Waals surface area contributed by atoms with Crippen molar-refractivity contribution in [3.05, 3.63) is 54.4 Å². The fraction of sp³-hybridized carbons (Fsp3) is 0.211. The molecule has 0 radical (unpaired) electrons. The minimum absolute atomic E-state index is 0.107. The van der Waals surface area contributed by atoms with Crippen LogP contribution in [0.1, 0.15) is 12.7 Å². The molecule has 0 unspecified atom stereocenters. The summed E-state index contributed by atoms with van der Waals surface area (Å²) < 4.78 is 44.4. The van der Waals surface area contributed by atoms with Gasteiger partial charge in [0.1, 0.15) is 10.8 Å². The highest BCUT2D eigenvalue weighted by molar-refractivity contribution is 8.00. The number of para-hydroxylation sites is 1. The summed E-state index contributed by atoms with van der Waals surface area (Å²) in [5, 5.41) is 2.62. The molecule has 0 bridgehead atoms. The van der Waals surface area contributed by atoms with Gasteiger partial charge < -0.3 is 10.1 Å². The van der Waals surface area contributed by atoms with E-state index in [4.69, 9.17) is 4.74 Å². The van der Waals surface area contributed by atoms with Gasteiger partial charge in [0.05, 0.1) is 17.9 Å². The highest BCUT2D eigenvalue weighted by Gasteiger charge is 2.35. The van der Waals surface area contributed by atoms with Crippen molar-refractivity contribution in [3.8, 4) is 5.75 Å². The van der Waals surface area contributed by atoms with Gasteiger partial charge in [-0.15, -0.1) is 0 Å².